The number of halogens is 2. The van der Waals surface area contributed by atoms with Crippen molar-refractivity contribution in [1.82, 2.24) is 35.6 Å². The third-order valence-electron chi connectivity index (χ3n) is 6.85. The van der Waals surface area contributed by atoms with Gasteiger partial charge in [0.2, 0.25) is 18.2 Å². The number of ether oxygens (including phenoxy) is 2. The maximum Gasteiger partial charge on any atom is 0.248 e. The fourth-order valence-corrected chi connectivity index (χ4v) is 4.38. The summed E-state index contributed by atoms with van der Waals surface area (Å²) in [5.74, 6) is -0.762. The molecule has 17 heteroatoms. The van der Waals surface area contributed by atoms with Crippen LogP contribution in [0, 0.1) is 31.5 Å². The molecule has 0 radical (unpaired) electrons. The predicted molar refractivity (Wildman–Crippen MR) is 201 cm³/mol. The van der Waals surface area contributed by atoms with Crippen LogP contribution in [0.3, 0.4) is 0 Å². The van der Waals surface area contributed by atoms with Crippen LogP contribution in [-0.2, 0) is 19.2 Å². The van der Waals surface area contributed by atoms with Crippen LogP contribution in [0.4, 0.5) is 14.6 Å². The zero-order valence-corrected chi connectivity index (χ0v) is 31.6. The third-order valence-corrected chi connectivity index (χ3v) is 6.85. The van der Waals surface area contributed by atoms with Crippen LogP contribution in [-0.4, -0.2) is 115 Å². The summed E-state index contributed by atoms with van der Waals surface area (Å²) in [5.41, 5.74) is 5.59. The highest BCUT2D eigenvalue weighted by atomic mass is 19.2. The molecule has 1 atom stereocenters. The first-order valence-corrected chi connectivity index (χ1v) is 16.4. The van der Waals surface area contributed by atoms with Gasteiger partial charge in [0.05, 0.1) is 55.5 Å². The van der Waals surface area contributed by atoms with Crippen LogP contribution in [0.15, 0.2) is 60.9 Å². The zero-order valence-electron chi connectivity index (χ0n) is 31.6. The molecule has 0 unspecified atom stereocenters. The molecule has 0 saturated carbocycles. The minimum Gasteiger partial charge on any atom is -0.480 e. The van der Waals surface area contributed by atoms with E-state index in [1.807, 2.05) is 49.0 Å². The number of carbonyl (C=O) groups is 2. The Hall–Kier alpha value is -5.35. The monoisotopic (exact) mass is 756 g/mol. The van der Waals surface area contributed by atoms with Crippen molar-refractivity contribution >= 4 is 18.5 Å². The lowest BCUT2D eigenvalue weighted by atomic mass is 10.1. The molecule has 0 bridgehead atoms. The van der Waals surface area contributed by atoms with E-state index in [1.54, 1.807) is 45.3 Å². The van der Waals surface area contributed by atoms with E-state index in [1.165, 1.54) is 19.4 Å². The number of anilines is 1. The molecule has 294 valence electrons. The number of hydroxylamine groups is 3. The number of amides is 1. The molecular weight excluding hydrogens is 706 g/mol. The van der Waals surface area contributed by atoms with Gasteiger partial charge in [-0.05, 0) is 51.1 Å². The summed E-state index contributed by atoms with van der Waals surface area (Å²) in [6.45, 7) is 8.35. The number of carbonyl (C=O) groups excluding carboxylic acids is 2. The molecule has 1 aromatic carbocycles. The number of aldehydes is 1. The highest BCUT2D eigenvalue weighted by molar-refractivity contribution is 5.82. The van der Waals surface area contributed by atoms with Crippen molar-refractivity contribution in [3.63, 3.8) is 0 Å². The molecule has 1 fully saturated rings. The first-order chi connectivity index (χ1) is 25.9. The second-order valence-corrected chi connectivity index (χ2v) is 11.5. The first kappa shape index (κ1) is 46.7. The van der Waals surface area contributed by atoms with Crippen LogP contribution in [0.25, 0.3) is 16.9 Å². The maximum absolute atomic E-state index is 11.9. The van der Waals surface area contributed by atoms with E-state index in [9.17, 15) is 18.4 Å². The number of aliphatic hydroxyl groups is 1. The fourth-order valence-electron chi connectivity index (χ4n) is 4.38. The van der Waals surface area contributed by atoms with Crippen LogP contribution < -0.4 is 20.9 Å². The van der Waals surface area contributed by atoms with Gasteiger partial charge in [0, 0.05) is 57.8 Å². The Labute approximate surface area is 314 Å². The summed E-state index contributed by atoms with van der Waals surface area (Å²) < 4.78 is 35.5. The predicted octanol–water partition coefficient (Wildman–Crippen LogP) is 3.62. The maximum atomic E-state index is 11.9. The van der Waals surface area contributed by atoms with E-state index in [-0.39, 0.29) is 6.04 Å². The third kappa shape index (κ3) is 16.1. The van der Waals surface area contributed by atoms with E-state index in [0.717, 1.165) is 53.8 Å². The first-order valence-electron chi connectivity index (χ1n) is 16.4. The average Bonchev–Trinajstić information content (AvgIpc) is 3.78. The van der Waals surface area contributed by atoms with Gasteiger partial charge in [-0.3, -0.25) is 19.3 Å². The molecule has 4 heterocycles. The van der Waals surface area contributed by atoms with Crippen molar-refractivity contribution < 1.29 is 42.6 Å². The normalized spacial score (nSPS) is 13.2. The summed E-state index contributed by atoms with van der Waals surface area (Å²) >= 11 is 0. The molecule has 0 aliphatic carbocycles. The number of para-hydroxylation sites is 1. The summed E-state index contributed by atoms with van der Waals surface area (Å²) in [6, 6.07) is 14.1. The van der Waals surface area contributed by atoms with Gasteiger partial charge in [-0.25, -0.2) is 24.5 Å². The van der Waals surface area contributed by atoms with Crippen molar-refractivity contribution in [2.75, 3.05) is 66.5 Å². The molecule has 15 nitrogen and oxygen atoms in total. The number of hydrogen-bond acceptors (Lipinski definition) is 13. The SMILES string of the molecule is C#C.CNOCC(C)(C)O.CNc1c(C)c(-c2cnc(OC)c(C=O)c2)nn1-c1ccccc1.COCCN1C[C@@H](NC=O)CO1.Fc1cccnc1F. The Bertz CT molecular complexity index is 1670. The quantitative estimate of drug-likeness (QED) is 0.0675. The number of aromatic nitrogens is 4. The molecule has 1 aliphatic heterocycles. The number of terminal acetylenes is 1. The van der Waals surface area contributed by atoms with E-state index in [4.69, 9.17) is 29.4 Å². The number of nitrogens with one attached hydrogen (secondary N) is 3. The topological polar surface area (TPSA) is 174 Å². The zero-order chi connectivity index (χ0) is 40.5. The highest BCUT2D eigenvalue weighted by Gasteiger charge is 2.22. The Morgan fingerprint density at radius 1 is 1.09 bits per heavy atom. The van der Waals surface area contributed by atoms with Gasteiger partial charge >= 0.3 is 0 Å². The van der Waals surface area contributed by atoms with Gasteiger partial charge in [0.1, 0.15) is 5.82 Å². The van der Waals surface area contributed by atoms with Crippen LogP contribution in [0.1, 0.15) is 29.8 Å². The lowest BCUT2D eigenvalue weighted by Crippen LogP contribution is -2.33. The number of rotatable bonds is 13. The molecule has 54 heavy (non-hydrogen) atoms. The van der Waals surface area contributed by atoms with Gasteiger partial charge in [0.15, 0.2) is 12.1 Å². The smallest absolute Gasteiger partial charge is 0.248 e. The summed E-state index contributed by atoms with van der Waals surface area (Å²) in [7, 11) is 6.66. The molecule has 5 rings (SSSR count). The summed E-state index contributed by atoms with van der Waals surface area (Å²) in [6.07, 6.45) is 12.3. The summed E-state index contributed by atoms with van der Waals surface area (Å²) in [5, 5.41) is 21.3. The van der Waals surface area contributed by atoms with Gasteiger partial charge in [-0.2, -0.15) is 14.6 Å². The lowest BCUT2D eigenvalue weighted by Gasteiger charge is -2.15. The number of hydrogen-bond donors (Lipinski definition) is 4. The van der Waals surface area contributed by atoms with Crippen molar-refractivity contribution in [3.05, 3.63) is 83.8 Å². The second-order valence-electron chi connectivity index (χ2n) is 11.5. The Kier molecular flexibility index (Phi) is 22.1. The number of benzene rings is 1. The molecular formula is C37H50F2N8O7. The van der Waals surface area contributed by atoms with Gasteiger partial charge in [-0.15, -0.1) is 12.8 Å². The lowest BCUT2D eigenvalue weighted by molar-refractivity contribution is -0.118. The number of nitrogens with zero attached hydrogens (tertiary/aromatic N) is 5. The molecule has 0 spiro atoms. The van der Waals surface area contributed by atoms with Crippen LogP contribution in [0.2, 0.25) is 0 Å². The summed E-state index contributed by atoms with van der Waals surface area (Å²) in [4.78, 5) is 38.5. The van der Waals surface area contributed by atoms with Gasteiger partial charge < -0.3 is 25.2 Å². The van der Waals surface area contributed by atoms with Crippen molar-refractivity contribution in [2.45, 2.75) is 32.4 Å². The molecule has 3 aromatic heterocycles. The van der Waals surface area contributed by atoms with Gasteiger partial charge in [0.25, 0.3) is 0 Å². The van der Waals surface area contributed by atoms with E-state index < -0.39 is 17.4 Å². The Balaban J connectivity index is 0.000000404. The Morgan fingerprint density at radius 3 is 2.30 bits per heavy atom. The molecule has 1 amide bonds. The molecule has 4 N–H and O–H groups in total. The highest BCUT2D eigenvalue weighted by Crippen LogP contribution is 2.31. The molecule has 4 aromatic rings. The van der Waals surface area contributed by atoms with Crippen molar-refractivity contribution in [2.24, 2.45) is 0 Å². The molecule has 1 aliphatic rings. The van der Waals surface area contributed by atoms with Crippen LogP contribution in [0.5, 0.6) is 5.88 Å². The van der Waals surface area contributed by atoms with E-state index in [2.05, 4.69) is 38.9 Å². The van der Waals surface area contributed by atoms with Gasteiger partial charge in [-0.1, -0.05) is 18.2 Å². The number of methoxy groups -OCH3 is 2. The minimum absolute atomic E-state index is 0.124. The fraction of sp³-hybridized carbons (Fsp3) is 0.378. The van der Waals surface area contributed by atoms with Crippen LogP contribution >= 0.6 is 0 Å². The minimum atomic E-state index is -1.05. The standard InChI is InChI=1S/C18H18N4O2.C7H14N2O3.C5H3F2N.C5H13NO2.C2H2/c1-12-16(13-9-14(11-23)18(24-3)20-10-13)21-22(17(12)19-2)15-7-5-4-6-8-15;1-11-3-2-9-4-7(5-12-9)8-6-10;6-4-2-1-3-8-5(4)7;1-5(2,7)4-8-6-3;1-2/h4-11,19H,1-3H3;6-7H,2-5H2,1H3,(H,8,10);1-3H;6-7H,4H2,1-3H3;1-2H/t;7-;;;/m.1.../s1. The van der Waals surface area contributed by atoms with E-state index >= 15 is 0 Å². The van der Waals surface area contributed by atoms with E-state index in [0.29, 0.717) is 37.7 Å². The second kappa shape index (κ2) is 25.6. The number of pyridine rings is 2. The molecule has 1 saturated heterocycles. The largest absolute Gasteiger partial charge is 0.480 e. The van der Waals surface area contributed by atoms with Crippen molar-refractivity contribution in [1.29, 1.82) is 0 Å². The van der Waals surface area contributed by atoms with Crippen molar-refractivity contribution in [3.8, 4) is 35.7 Å². The average molecular weight is 757 g/mol. The Morgan fingerprint density at radius 2 is 1.80 bits per heavy atom.